The highest BCUT2D eigenvalue weighted by Crippen LogP contribution is 2.35. The van der Waals surface area contributed by atoms with E-state index in [0.29, 0.717) is 11.4 Å². The monoisotopic (exact) mass is 348 g/mol. The van der Waals surface area contributed by atoms with Crippen LogP contribution in [-0.4, -0.2) is 18.6 Å². The van der Waals surface area contributed by atoms with Crippen molar-refractivity contribution >= 4 is 55.6 Å². The number of fused-ring (bicyclic) bond motifs is 1. The molecule has 0 bridgehead atoms. The molecule has 2 N–H and O–H groups in total. The summed E-state index contributed by atoms with van der Waals surface area (Å²) in [5.74, 6) is -0.408. The van der Waals surface area contributed by atoms with E-state index in [-0.39, 0.29) is 6.47 Å². The van der Waals surface area contributed by atoms with Crippen LogP contribution in [0, 0.1) is 0 Å². The van der Waals surface area contributed by atoms with Gasteiger partial charge in [0.25, 0.3) is 18.6 Å². The number of carbonyl (C=O) groups is 2. The molecule has 1 aromatic carbocycles. The highest BCUT2D eigenvalue weighted by Gasteiger charge is 2.27. The summed E-state index contributed by atoms with van der Waals surface area (Å²) in [7, 11) is 0. The van der Waals surface area contributed by atoms with Crippen molar-refractivity contribution in [3.05, 3.63) is 21.1 Å². The Morgan fingerprint density at radius 2 is 1.88 bits per heavy atom. The van der Waals surface area contributed by atoms with Gasteiger partial charge in [0.15, 0.2) is 0 Å². The van der Waals surface area contributed by atoms with Gasteiger partial charge in [-0.05, 0) is 44.0 Å². The van der Waals surface area contributed by atoms with Crippen LogP contribution in [0.25, 0.3) is 0 Å². The van der Waals surface area contributed by atoms with E-state index in [1.807, 2.05) is 0 Å². The Hall–Kier alpha value is -1.08. The molecule has 1 amide bonds. The van der Waals surface area contributed by atoms with Gasteiger partial charge in [-0.3, -0.25) is 9.59 Å². The summed E-state index contributed by atoms with van der Waals surface area (Å²) in [5, 5.41) is 5.43. The Morgan fingerprint density at radius 3 is 2.50 bits per heavy atom. The molecule has 84 valence electrons. The van der Waals surface area contributed by atoms with Gasteiger partial charge in [0.05, 0.1) is 11.4 Å². The van der Waals surface area contributed by atoms with E-state index < -0.39 is 12.1 Å². The van der Waals surface area contributed by atoms with E-state index in [4.69, 9.17) is 0 Å². The molecule has 1 aliphatic rings. The third-order valence-corrected chi connectivity index (χ3v) is 3.88. The molecular weight excluding hydrogens is 344 g/mol. The molecule has 0 aromatic heterocycles. The van der Waals surface area contributed by atoms with Crippen molar-refractivity contribution in [2.45, 2.75) is 6.23 Å². The maximum Gasteiger partial charge on any atom is 0.295 e. The van der Waals surface area contributed by atoms with Crippen LogP contribution in [-0.2, 0) is 14.3 Å². The van der Waals surface area contributed by atoms with E-state index in [0.717, 1.165) is 8.95 Å². The van der Waals surface area contributed by atoms with Crippen molar-refractivity contribution in [3.8, 4) is 0 Å². The molecule has 1 aliphatic heterocycles. The fourth-order valence-corrected chi connectivity index (χ4v) is 2.01. The van der Waals surface area contributed by atoms with Gasteiger partial charge in [-0.15, -0.1) is 0 Å². The summed E-state index contributed by atoms with van der Waals surface area (Å²) in [6.45, 7) is 0.232. The van der Waals surface area contributed by atoms with E-state index in [1.54, 1.807) is 12.1 Å². The molecule has 1 unspecified atom stereocenters. The first kappa shape index (κ1) is 11.4. The van der Waals surface area contributed by atoms with Crippen LogP contribution >= 0.6 is 31.9 Å². The topological polar surface area (TPSA) is 67.4 Å². The maximum atomic E-state index is 11.5. The zero-order valence-corrected chi connectivity index (χ0v) is 11.0. The van der Waals surface area contributed by atoms with Crippen molar-refractivity contribution < 1.29 is 14.3 Å². The molecule has 0 saturated heterocycles. The van der Waals surface area contributed by atoms with Crippen LogP contribution in [0.2, 0.25) is 0 Å². The van der Waals surface area contributed by atoms with E-state index in [9.17, 15) is 9.59 Å². The van der Waals surface area contributed by atoms with Crippen molar-refractivity contribution in [1.82, 2.24) is 0 Å². The lowest BCUT2D eigenvalue weighted by Crippen LogP contribution is -2.40. The van der Waals surface area contributed by atoms with Crippen LogP contribution in [0.5, 0.6) is 0 Å². The van der Waals surface area contributed by atoms with Gasteiger partial charge in [-0.1, -0.05) is 0 Å². The first-order valence-electron chi connectivity index (χ1n) is 4.27. The average Bonchev–Trinajstić information content (AvgIpc) is 2.23. The predicted molar refractivity (Wildman–Crippen MR) is 65.0 cm³/mol. The number of carbonyl (C=O) groups excluding carboxylic acids is 2. The van der Waals surface area contributed by atoms with Crippen LogP contribution in [0.3, 0.4) is 0 Å². The van der Waals surface area contributed by atoms with Gasteiger partial charge >= 0.3 is 0 Å². The van der Waals surface area contributed by atoms with Gasteiger partial charge in [-0.25, -0.2) is 0 Å². The molecule has 1 heterocycles. The quantitative estimate of drug-likeness (QED) is 0.802. The minimum atomic E-state index is -0.988. The molecule has 5 nitrogen and oxygen atoms in total. The molecule has 0 aliphatic carbocycles. The number of halogens is 2. The van der Waals surface area contributed by atoms with Crippen LogP contribution < -0.4 is 10.6 Å². The van der Waals surface area contributed by atoms with Gasteiger partial charge in [0.1, 0.15) is 0 Å². The SMILES string of the molecule is O=COC1Nc2cc(Br)c(Br)cc2NC1=O. The summed E-state index contributed by atoms with van der Waals surface area (Å²) >= 11 is 6.67. The van der Waals surface area contributed by atoms with Crippen LogP contribution in [0.15, 0.2) is 21.1 Å². The second-order valence-electron chi connectivity index (χ2n) is 3.06. The van der Waals surface area contributed by atoms with Gasteiger partial charge in [-0.2, -0.15) is 0 Å². The van der Waals surface area contributed by atoms with Gasteiger partial charge < -0.3 is 15.4 Å². The van der Waals surface area contributed by atoms with Gasteiger partial charge in [0.2, 0.25) is 0 Å². The third kappa shape index (κ3) is 2.05. The van der Waals surface area contributed by atoms with Crippen molar-refractivity contribution in [3.63, 3.8) is 0 Å². The summed E-state index contributed by atoms with van der Waals surface area (Å²) < 4.78 is 6.25. The molecule has 0 saturated carbocycles. The predicted octanol–water partition coefficient (Wildman–Crippen LogP) is 2.07. The fraction of sp³-hybridized carbons (Fsp3) is 0.111. The lowest BCUT2D eigenvalue weighted by molar-refractivity contribution is -0.140. The maximum absolute atomic E-state index is 11.5. The molecule has 7 heteroatoms. The molecule has 0 radical (unpaired) electrons. The molecule has 16 heavy (non-hydrogen) atoms. The highest BCUT2D eigenvalue weighted by molar-refractivity contribution is 9.13. The molecule has 1 aromatic rings. The number of amides is 1. The van der Waals surface area contributed by atoms with Crippen LogP contribution in [0.4, 0.5) is 11.4 Å². The molecule has 2 rings (SSSR count). The van der Waals surface area contributed by atoms with Crippen LogP contribution in [0.1, 0.15) is 0 Å². The normalized spacial score (nSPS) is 18.1. The lowest BCUT2D eigenvalue weighted by atomic mass is 10.2. The molecular formula is C9H6Br2N2O3. The summed E-state index contributed by atoms with van der Waals surface area (Å²) in [4.78, 5) is 21.7. The molecule has 0 fully saturated rings. The number of hydrogen-bond donors (Lipinski definition) is 2. The summed E-state index contributed by atoms with van der Waals surface area (Å²) in [6.07, 6.45) is -0.988. The third-order valence-electron chi connectivity index (χ3n) is 2.03. The Balaban J connectivity index is 2.35. The standard InChI is InChI=1S/C9H6Br2N2O3/c10-4-1-6-7(2-5(4)11)13-9(16-3-14)8(15)12-6/h1-3,9,13H,(H,12,15). The van der Waals surface area contributed by atoms with Crippen molar-refractivity contribution in [1.29, 1.82) is 0 Å². The Bertz CT molecular complexity index is 464. The summed E-state index contributed by atoms with van der Waals surface area (Å²) in [5.41, 5.74) is 1.31. The second kappa shape index (κ2) is 4.42. The van der Waals surface area contributed by atoms with E-state index >= 15 is 0 Å². The minimum absolute atomic E-state index is 0.232. The zero-order valence-electron chi connectivity index (χ0n) is 7.79. The second-order valence-corrected chi connectivity index (χ2v) is 4.77. The lowest BCUT2D eigenvalue weighted by Gasteiger charge is -2.25. The highest BCUT2D eigenvalue weighted by atomic mass is 79.9. The molecule has 1 atom stereocenters. The number of anilines is 2. The number of benzene rings is 1. The van der Waals surface area contributed by atoms with E-state index in [2.05, 4.69) is 47.2 Å². The van der Waals surface area contributed by atoms with E-state index in [1.165, 1.54) is 0 Å². The number of rotatable bonds is 2. The van der Waals surface area contributed by atoms with Gasteiger partial charge in [0, 0.05) is 8.95 Å². The van der Waals surface area contributed by atoms with Crippen molar-refractivity contribution in [2.24, 2.45) is 0 Å². The largest absolute Gasteiger partial charge is 0.434 e. The number of nitrogens with one attached hydrogen (secondary N) is 2. The number of ether oxygens (including phenoxy) is 1. The zero-order chi connectivity index (χ0) is 11.7. The Kier molecular flexibility index (Phi) is 3.15. The smallest absolute Gasteiger partial charge is 0.295 e. The first-order chi connectivity index (χ1) is 7.61. The fourth-order valence-electron chi connectivity index (χ4n) is 1.33. The Morgan fingerprint density at radius 1 is 1.25 bits per heavy atom. The summed E-state index contributed by atoms with van der Waals surface area (Å²) in [6, 6.07) is 3.53. The minimum Gasteiger partial charge on any atom is -0.434 e. The molecule has 0 spiro atoms. The Labute approximate surface area is 108 Å². The van der Waals surface area contributed by atoms with Crippen molar-refractivity contribution in [2.75, 3.05) is 10.6 Å². The first-order valence-corrected chi connectivity index (χ1v) is 5.86. The average molecular weight is 350 g/mol. The number of hydrogen-bond acceptors (Lipinski definition) is 4.